The predicted octanol–water partition coefficient (Wildman–Crippen LogP) is 1.96. The van der Waals surface area contributed by atoms with E-state index in [4.69, 9.17) is 4.74 Å². The van der Waals surface area contributed by atoms with Gasteiger partial charge in [-0.3, -0.25) is 14.9 Å². The summed E-state index contributed by atoms with van der Waals surface area (Å²) in [4.78, 5) is 32.0. The number of amides is 2. The lowest BCUT2D eigenvalue weighted by Crippen LogP contribution is -2.20. The topological polar surface area (TPSA) is 93.2 Å². The second kappa shape index (κ2) is 8.30. The lowest BCUT2D eigenvalue weighted by molar-refractivity contribution is -0.120. The molecule has 9 heteroatoms. The minimum atomic E-state index is -0.295. The zero-order valence-corrected chi connectivity index (χ0v) is 15.3. The molecule has 2 aromatic rings. The highest BCUT2D eigenvalue weighted by atomic mass is 32.2. The molecule has 2 aromatic heterocycles. The molecular formula is C16H18N4O3S2. The molecule has 1 aliphatic heterocycles. The van der Waals surface area contributed by atoms with Crippen LogP contribution in [0.2, 0.25) is 0 Å². The Bertz CT molecular complexity index is 742. The number of likely N-dealkylation sites (N-methyl/N-ethyl adjacent to an activating group) is 1. The van der Waals surface area contributed by atoms with Crippen LogP contribution < -0.4 is 15.4 Å². The maximum absolute atomic E-state index is 12.2. The molecule has 2 amide bonds. The molecule has 25 heavy (non-hydrogen) atoms. The van der Waals surface area contributed by atoms with Crippen LogP contribution in [0.1, 0.15) is 22.5 Å². The minimum absolute atomic E-state index is 0.122. The Morgan fingerprint density at radius 2 is 2.28 bits per heavy atom. The smallest absolute Gasteiger partial charge is 0.259 e. The number of anilines is 1. The van der Waals surface area contributed by atoms with Crippen LogP contribution in [0.3, 0.4) is 0 Å². The lowest BCUT2D eigenvalue weighted by atomic mass is 10.2. The van der Waals surface area contributed by atoms with E-state index in [1.165, 1.54) is 17.5 Å². The lowest BCUT2D eigenvalue weighted by Gasteiger charge is -2.11. The molecule has 1 saturated heterocycles. The van der Waals surface area contributed by atoms with Gasteiger partial charge >= 0.3 is 0 Å². The number of aromatic nitrogens is 2. The first-order valence-corrected chi connectivity index (χ1v) is 9.84. The van der Waals surface area contributed by atoms with E-state index in [1.807, 2.05) is 11.8 Å². The van der Waals surface area contributed by atoms with Gasteiger partial charge in [-0.25, -0.2) is 9.97 Å². The van der Waals surface area contributed by atoms with Crippen LogP contribution in [-0.4, -0.2) is 46.4 Å². The first-order chi connectivity index (χ1) is 12.1. The van der Waals surface area contributed by atoms with Crippen LogP contribution in [0.4, 0.5) is 5.13 Å². The Balaban J connectivity index is 1.56. The standard InChI is InChI=1S/C16H18N4O3S2/c1-17-13(21)6-11-8-25-16(19-11)20-15(22)10-2-3-14(18-7-10)23-12-4-5-24-9-12/h2-3,7-8,12H,4-6,9H2,1H3,(H,17,21)(H,19,20,22). The van der Waals surface area contributed by atoms with Crippen molar-refractivity contribution in [1.29, 1.82) is 0 Å². The molecule has 3 rings (SSSR count). The van der Waals surface area contributed by atoms with Crippen molar-refractivity contribution < 1.29 is 14.3 Å². The molecule has 3 heterocycles. The number of pyridine rings is 1. The fourth-order valence-corrected chi connectivity index (χ4v) is 4.03. The van der Waals surface area contributed by atoms with E-state index in [2.05, 4.69) is 20.6 Å². The molecule has 0 saturated carbocycles. The second-order valence-electron chi connectivity index (χ2n) is 5.44. The number of hydrogen-bond donors (Lipinski definition) is 2. The van der Waals surface area contributed by atoms with Crippen molar-refractivity contribution in [3.63, 3.8) is 0 Å². The third-order valence-electron chi connectivity index (χ3n) is 3.57. The van der Waals surface area contributed by atoms with E-state index in [0.29, 0.717) is 22.3 Å². The zero-order chi connectivity index (χ0) is 17.6. The number of carbonyl (C=O) groups excluding carboxylic acids is 2. The van der Waals surface area contributed by atoms with Crippen molar-refractivity contribution in [2.45, 2.75) is 18.9 Å². The number of nitrogens with one attached hydrogen (secondary N) is 2. The molecule has 2 N–H and O–H groups in total. The summed E-state index contributed by atoms with van der Waals surface area (Å²) >= 11 is 3.15. The maximum atomic E-state index is 12.2. The van der Waals surface area contributed by atoms with Crippen molar-refractivity contribution in [2.24, 2.45) is 0 Å². The number of hydrogen-bond acceptors (Lipinski definition) is 7. The summed E-state index contributed by atoms with van der Waals surface area (Å²) in [6.07, 6.45) is 2.91. The van der Waals surface area contributed by atoms with Crippen molar-refractivity contribution in [2.75, 3.05) is 23.9 Å². The number of thioether (sulfide) groups is 1. The molecule has 0 bridgehead atoms. The van der Waals surface area contributed by atoms with Crippen LogP contribution >= 0.6 is 23.1 Å². The molecule has 0 aromatic carbocycles. The zero-order valence-electron chi connectivity index (χ0n) is 13.7. The minimum Gasteiger partial charge on any atom is -0.473 e. The van der Waals surface area contributed by atoms with Gasteiger partial charge in [0.1, 0.15) is 6.10 Å². The molecule has 1 unspecified atom stereocenters. The quantitative estimate of drug-likeness (QED) is 0.798. The summed E-state index contributed by atoms with van der Waals surface area (Å²) in [6.45, 7) is 0. The van der Waals surface area contributed by atoms with Gasteiger partial charge in [0.2, 0.25) is 11.8 Å². The summed E-state index contributed by atoms with van der Waals surface area (Å²) in [5, 5.41) is 7.45. The summed E-state index contributed by atoms with van der Waals surface area (Å²) in [5.41, 5.74) is 1.05. The highest BCUT2D eigenvalue weighted by Crippen LogP contribution is 2.22. The third kappa shape index (κ3) is 4.93. The van der Waals surface area contributed by atoms with Gasteiger partial charge in [-0.05, 0) is 18.2 Å². The second-order valence-corrected chi connectivity index (χ2v) is 7.44. The maximum Gasteiger partial charge on any atom is 0.259 e. The van der Waals surface area contributed by atoms with Gasteiger partial charge in [0.25, 0.3) is 5.91 Å². The van der Waals surface area contributed by atoms with Gasteiger partial charge in [-0.2, -0.15) is 11.8 Å². The molecule has 1 fully saturated rings. The van der Waals surface area contributed by atoms with E-state index in [0.717, 1.165) is 17.9 Å². The van der Waals surface area contributed by atoms with Crippen LogP contribution in [0, 0.1) is 0 Å². The van der Waals surface area contributed by atoms with Gasteiger partial charge in [-0.15, -0.1) is 11.3 Å². The van der Waals surface area contributed by atoms with Crippen LogP contribution in [-0.2, 0) is 11.2 Å². The summed E-state index contributed by atoms with van der Waals surface area (Å²) in [6, 6.07) is 3.38. The van der Waals surface area contributed by atoms with E-state index >= 15 is 0 Å². The van der Waals surface area contributed by atoms with Gasteiger partial charge in [0.05, 0.1) is 17.7 Å². The van der Waals surface area contributed by atoms with E-state index in [9.17, 15) is 9.59 Å². The molecule has 0 spiro atoms. The largest absolute Gasteiger partial charge is 0.473 e. The fraction of sp³-hybridized carbons (Fsp3) is 0.375. The molecule has 0 aliphatic carbocycles. The van der Waals surface area contributed by atoms with Gasteiger partial charge in [0.15, 0.2) is 5.13 Å². The first-order valence-electron chi connectivity index (χ1n) is 7.81. The molecule has 7 nitrogen and oxygen atoms in total. The average Bonchev–Trinajstić information content (AvgIpc) is 3.27. The normalized spacial score (nSPS) is 16.4. The van der Waals surface area contributed by atoms with Crippen molar-refractivity contribution in [3.05, 3.63) is 35.0 Å². The Hall–Kier alpha value is -2.13. The number of ether oxygens (including phenoxy) is 1. The van der Waals surface area contributed by atoms with Crippen molar-refractivity contribution >= 4 is 40.0 Å². The molecule has 0 radical (unpaired) electrons. The van der Waals surface area contributed by atoms with Gasteiger partial charge < -0.3 is 10.1 Å². The average molecular weight is 378 g/mol. The van der Waals surface area contributed by atoms with Crippen molar-refractivity contribution in [1.82, 2.24) is 15.3 Å². The van der Waals surface area contributed by atoms with E-state index in [-0.39, 0.29) is 24.3 Å². The van der Waals surface area contributed by atoms with Gasteiger partial charge in [-0.1, -0.05) is 0 Å². The highest BCUT2D eigenvalue weighted by Gasteiger charge is 2.18. The number of thiazole rings is 1. The Morgan fingerprint density at radius 1 is 1.40 bits per heavy atom. The molecule has 132 valence electrons. The SMILES string of the molecule is CNC(=O)Cc1csc(NC(=O)c2ccc(OC3CCSC3)nc2)n1. The van der Waals surface area contributed by atoms with Gasteiger partial charge in [0, 0.05) is 30.4 Å². The Kier molecular flexibility index (Phi) is 5.87. The number of rotatable bonds is 6. The molecule has 1 atom stereocenters. The van der Waals surface area contributed by atoms with E-state index < -0.39 is 0 Å². The van der Waals surface area contributed by atoms with E-state index in [1.54, 1.807) is 24.6 Å². The number of nitrogens with zero attached hydrogens (tertiary/aromatic N) is 2. The highest BCUT2D eigenvalue weighted by molar-refractivity contribution is 7.99. The van der Waals surface area contributed by atoms with Crippen molar-refractivity contribution in [3.8, 4) is 5.88 Å². The third-order valence-corrected chi connectivity index (χ3v) is 5.50. The van der Waals surface area contributed by atoms with Crippen LogP contribution in [0.25, 0.3) is 0 Å². The Morgan fingerprint density at radius 3 is 2.96 bits per heavy atom. The summed E-state index contributed by atoms with van der Waals surface area (Å²) < 4.78 is 5.77. The fourth-order valence-electron chi connectivity index (χ4n) is 2.23. The summed E-state index contributed by atoms with van der Waals surface area (Å²) in [7, 11) is 1.57. The molecule has 1 aliphatic rings. The molecular weight excluding hydrogens is 360 g/mol. The first kappa shape index (κ1) is 17.7. The summed E-state index contributed by atoms with van der Waals surface area (Å²) in [5.74, 6) is 2.21. The monoisotopic (exact) mass is 378 g/mol. The van der Waals surface area contributed by atoms with Crippen LogP contribution in [0.15, 0.2) is 23.7 Å². The predicted molar refractivity (Wildman–Crippen MR) is 98.4 cm³/mol. The van der Waals surface area contributed by atoms with Crippen LogP contribution in [0.5, 0.6) is 5.88 Å². The Labute approximate surface area is 153 Å². The number of carbonyl (C=O) groups is 2.